The topological polar surface area (TPSA) is 35.0 Å². The quantitative estimate of drug-likeness (QED) is 0.491. The minimum atomic E-state index is -4.75. The maximum atomic E-state index is 14.0. The van der Waals surface area contributed by atoms with Gasteiger partial charge in [0.15, 0.2) is 22.4 Å². The number of alkyl halides is 3. The van der Waals surface area contributed by atoms with Crippen LogP contribution < -0.4 is 4.74 Å². The first-order valence-electron chi connectivity index (χ1n) is 7.59. The first kappa shape index (κ1) is 18.7. The molecule has 0 aliphatic rings. The van der Waals surface area contributed by atoms with Crippen molar-refractivity contribution in [2.45, 2.75) is 39.3 Å². The smallest absolute Gasteiger partial charge is 0.436 e. The third-order valence-electron chi connectivity index (χ3n) is 3.74. The van der Waals surface area contributed by atoms with Gasteiger partial charge in [0, 0.05) is 12.1 Å². The fourth-order valence-electron chi connectivity index (χ4n) is 2.15. The molecule has 2 aromatic rings. The first-order chi connectivity index (χ1) is 11.2. The van der Waals surface area contributed by atoms with Crippen molar-refractivity contribution in [3.05, 3.63) is 28.8 Å². The summed E-state index contributed by atoms with van der Waals surface area (Å²) in [6.45, 7) is 4.52. The van der Waals surface area contributed by atoms with E-state index in [1.807, 2.05) is 0 Å². The lowest BCUT2D eigenvalue weighted by molar-refractivity contribution is -0.141. The van der Waals surface area contributed by atoms with E-state index >= 15 is 0 Å². The van der Waals surface area contributed by atoms with Gasteiger partial charge in [-0.1, -0.05) is 31.9 Å². The van der Waals surface area contributed by atoms with Crippen LogP contribution in [0.2, 0.25) is 5.15 Å². The monoisotopic (exact) mass is 364 g/mol. The Morgan fingerprint density at radius 3 is 2.50 bits per heavy atom. The molecule has 0 radical (unpaired) electrons. The van der Waals surface area contributed by atoms with E-state index in [1.54, 1.807) is 0 Å². The van der Waals surface area contributed by atoms with Crippen LogP contribution in [0.1, 0.15) is 38.8 Å². The molecule has 0 N–H and O–H groups in total. The lowest BCUT2D eigenvalue weighted by Gasteiger charge is -2.12. The summed E-state index contributed by atoms with van der Waals surface area (Å²) >= 11 is 5.53. The SMILES string of the molecule is CCC(C)CCCOc1cc2nc(Cl)c(C(F)(F)F)nc2cc1F. The second kappa shape index (κ2) is 7.51. The Labute approximate surface area is 142 Å². The highest BCUT2D eigenvalue weighted by Gasteiger charge is 2.36. The van der Waals surface area contributed by atoms with Crippen molar-refractivity contribution in [1.82, 2.24) is 9.97 Å². The van der Waals surface area contributed by atoms with Gasteiger partial charge < -0.3 is 4.74 Å². The van der Waals surface area contributed by atoms with Crippen LogP contribution in [0.15, 0.2) is 12.1 Å². The summed E-state index contributed by atoms with van der Waals surface area (Å²) in [6.07, 6.45) is -1.99. The highest BCUT2D eigenvalue weighted by molar-refractivity contribution is 6.30. The van der Waals surface area contributed by atoms with Crippen molar-refractivity contribution in [2.24, 2.45) is 5.92 Å². The van der Waals surface area contributed by atoms with Gasteiger partial charge in [-0.25, -0.2) is 14.4 Å². The van der Waals surface area contributed by atoms with Crippen LogP contribution in [-0.2, 0) is 6.18 Å². The summed E-state index contributed by atoms with van der Waals surface area (Å²) in [4.78, 5) is 7.01. The Morgan fingerprint density at radius 2 is 1.88 bits per heavy atom. The molecule has 132 valence electrons. The zero-order chi connectivity index (χ0) is 17.9. The maximum absolute atomic E-state index is 14.0. The lowest BCUT2D eigenvalue weighted by atomic mass is 10.0. The van der Waals surface area contributed by atoms with Gasteiger partial charge in [-0.2, -0.15) is 13.2 Å². The average Bonchev–Trinajstić information content (AvgIpc) is 2.50. The molecule has 0 bridgehead atoms. The van der Waals surface area contributed by atoms with E-state index in [0.29, 0.717) is 12.5 Å². The number of fused-ring (bicyclic) bond motifs is 1. The van der Waals surface area contributed by atoms with E-state index in [-0.39, 0.29) is 16.8 Å². The van der Waals surface area contributed by atoms with E-state index in [9.17, 15) is 17.6 Å². The summed E-state index contributed by atoms with van der Waals surface area (Å²) in [6, 6.07) is 2.09. The molecule has 1 aromatic carbocycles. The van der Waals surface area contributed by atoms with Gasteiger partial charge in [0.2, 0.25) is 0 Å². The molecule has 0 saturated heterocycles. The van der Waals surface area contributed by atoms with Gasteiger partial charge in [0.1, 0.15) is 0 Å². The Kier molecular flexibility index (Phi) is 5.85. The molecule has 0 saturated carbocycles. The van der Waals surface area contributed by atoms with E-state index < -0.39 is 22.8 Å². The van der Waals surface area contributed by atoms with E-state index in [4.69, 9.17) is 16.3 Å². The number of hydrogen-bond donors (Lipinski definition) is 0. The van der Waals surface area contributed by atoms with Crippen LogP contribution in [0, 0.1) is 11.7 Å². The molecule has 0 amide bonds. The van der Waals surface area contributed by atoms with Gasteiger partial charge in [-0.3, -0.25) is 0 Å². The molecule has 1 atom stereocenters. The van der Waals surface area contributed by atoms with Gasteiger partial charge in [-0.05, 0) is 18.8 Å². The van der Waals surface area contributed by atoms with E-state index in [0.717, 1.165) is 25.3 Å². The molecule has 2 rings (SSSR count). The molecule has 0 aliphatic carbocycles. The molecule has 0 spiro atoms. The zero-order valence-electron chi connectivity index (χ0n) is 13.3. The summed E-state index contributed by atoms with van der Waals surface area (Å²) < 4.78 is 57.6. The van der Waals surface area contributed by atoms with Crippen molar-refractivity contribution in [3.63, 3.8) is 0 Å². The van der Waals surface area contributed by atoms with E-state index in [2.05, 4.69) is 23.8 Å². The summed E-state index contributed by atoms with van der Waals surface area (Å²) in [5, 5.41) is -0.774. The van der Waals surface area contributed by atoms with Crippen molar-refractivity contribution in [3.8, 4) is 5.75 Å². The second-order valence-corrected chi connectivity index (χ2v) is 5.99. The molecule has 1 aromatic heterocycles. The maximum Gasteiger partial charge on any atom is 0.436 e. The standard InChI is InChI=1S/C16H17ClF4N2O/c1-3-9(2)5-4-6-24-13-8-12-11(7-10(13)18)22-14(15(17)23-12)16(19,20)21/h7-9H,3-6H2,1-2H3. The Balaban J connectivity index is 2.20. The predicted molar refractivity (Wildman–Crippen MR) is 83.7 cm³/mol. The van der Waals surface area contributed by atoms with Crippen LogP contribution in [0.3, 0.4) is 0 Å². The van der Waals surface area contributed by atoms with Crippen LogP contribution in [-0.4, -0.2) is 16.6 Å². The van der Waals surface area contributed by atoms with E-state index in [1.165, 1.54) is 6.07 Å². The molecular weight excluding hydrogens is 348 g/mol. The van der Waals surface area contributed by atoms with Crippen molar-refractivity contribution in [1.29, 1.82) is 0 Å². The Morgan fingerprint density at radius 1 is 1.21 bits per heavy atom. The third-order valence-corrected chi connectivity index (χ3v) is 4.00. The minimum Gasteiger partial charge on any atom is -0.490 e. The summed E-state index contributed by atoms with van der Waals surface area (Å²) in [5.41, 5.74) is -1.51. The molecule has 3 nitrogen and oxygen atoms in total. The molecular formula is C16H17ClF4N2O. The third kappa shape index (κ3) is 4.47. The fraction of sp³-hybridized carbons (Fsp3) is 0.500. The summed E-state index contributed by atoms with van der Waals surface area (Å²) in [5.74, 6) is -0.298. The second-order valence-electron chi connectivity index (χ2n) is 5.64. The molecule has 8 heteroatoms. The first-order valence-corrected chi connectivity index (χ1v) is 7.97. The molecule has 0 aliphatic heterocycles. The molecule has 0 fully saturated rings. The summed E-state index contributed by atoms with van der Waals surface area (Å²) in [7, 11) is 0. The minimum absolute atomic E-state index is 0.0475. The van der Waals surface area contributed by atoms with Crippen molar-refractivity contribution < 1.29 is 22.3 Å². The Bertz CT molecular complexity index is 721. The Hall–Kier alpha value is -1.63. The predicted octanol–water partition coefficient (Wildman–Crippen LogP) is 5.65. The van der Waals surface area contributed by atoms with Crippen LogP contribution in [0.25, 0.3) is 11.0 Å². The molecule has 1 heterocycles. The normalized spacial score (nSPS) is 13.3. The number of nitrogens with zero attached hydrogens (tertiary/aromatic N) is 2. The van der Waals surface area contributed by atoms with Crippen molar-refractivity contribution in [2.75, 3.05) is 6.61 Å². The number of aromatic nitrogens is 2. The number of rotatable bonds is 6. The molecule has 24 heavy (non-hydrogen) atoms. The number of ether oxygens (including phenoxy) is 1. The van der Waals surface area contributed by atoms with Gasteiger partial charge in [0.05, 0.1) is 17.6 Å². The lowest BCUT2D eigenvalue weighted by Crippen LogP contribution is -2.10. The average molecular weight is 365 g/mol. The van der Waals surface area contributed by atoms with Crippen molar-refractivity contribution >= 4 is 22.6 Å². The largest absolute Gasteiger partial charge is 0.490 e. The van der Waals surface area contributed by atoms with Gasteiger partial charge >= 0.3 is 6.18 Å². The highest BCUT2D eigenvalue weighted by Crippen LogP contribution is 2.34. The van der Waals surface area contributed by atoms with Crippen LogP contribution in [0.4, 0.5) is 17.6 Å². The van der Waals surface area contributed by atoms with Crippen LogP contribution >= 0.6 is 11.6 Å². The highest BCUT2D eigenvalue weighted by atomic mass is 35.5. The van der Waals surface area contributed by atoms with Gasteiger partial charge in [-0.15, -0.1) is 0 Å². The zero-order valence-corrected chi connectivity index (χ0v) is 14.0. The fourth-order valence-corrected chi connectivity index (χ4v) is 2.39. The number of halogens is 5. The molecule has 1 unspecified atom stereocenters. The number of benzene rings is 1. The number of hydrogen-bond acceptors (Lipinski definition) is 3. The van der Waals surface area contributed by atoms with Crippen LogP contribution in [0.5, 0.6) is 5.75 Å². The van der Waals surface area contributed by atoms with Gasteiger partial charge in [0.25, 0.3) is 0 Å².